The van der Waals surface area contributed by atoms with Gasteiger partial charge in [-0.3, -0.25) is 4.79 Å². The smallest absolute Gasteiger partial charge is 0.230 e. The summed E-state index contributed by atoms with van der Waals surface area (Å²) in [6, 6.07) is 6.31. The van der Waals surface area contributed by atoms with E-state index in [2.05, 4.69) is 23.5 Å². The van der Waals surface area contributed by atoms with Gasteiger partial charge in [-0.15, -0.1) is 0 Å². The van der Waals surface area contributed by atoms with Gasteiger partial charge in [-0.25, -0.2) is 8.42 Å². The van der Waals surface area contributed by atoms with E-state index in [4.69, 9.17) is 0 Å². The van der Waals surface area contributed by atoms with E-state index in [0.29, 0.717) is 13.0 Å². The second-order valence-corrected chi connectivity index (χ2v) is 9.17. The molecule has 4 nitrogen and oxygen atoms in total. The van der Waals surface area contributed by atoms with E-state index < -0.39 is 9.84 Å². The number of carbonyl (C=O) groups excluding carboxylic acids is 1. The molecule has 22 heavy (non-hydrogen) atoms. The lowest BCUT2D eigenvalue weighted by molar-refractivity contribution is -0.123. The van der Waals surface area contributed by atoms with E-state index in [9.17, 15) is 13.2 Å². The average Bonchev–Trinajstić information content (AvgIpc) is 3.15. The van der Waals surface area contributed by atoms with Crippen LogP contribution in [0.15, 0.2) is 18.2 Å². The first kappa shape index (κ1) is 15.5. The topological polar surface area (TPSA) is 63.2 Å². The third-order valence-electron chi connectivity index (χ3n) is 4.84. The van der Waals surface area contributed by atoms with E-state index in [1.807, 2.05) is 13.8 Å². The Labute approximate surface area is 132 Å². The van der Waals surface area contributed by atoms with Gasteiger partial charge in [0, 0.05) is 6.54 Å². The predicted octanol–water partition coefficient (Wildman–Crippen LogP) is 1.89. The van der Waals surface area contributed by atoms with Crippen LogP contribution in [0.4, 0.5) is 0 Å². The van der Waals surface area contributed by atoms with E-state index in [1.165, 1.54) is 11.1 Å². The highest BCUT2D eigenvalue weighted by atomic mass is 32.2. The van der Waals surface area contributed by atoms with Crippen LogP contribution >= 0.6 is 0 Å². The summed E-state index contributed by atoms with van der Waals surface area (Å²) in [4.78, 5) is 12.6. The van der Waals surface area contributed by atoms with Crippen LogP contribution in [0.3, 0.4) is 0 Å². The van der Waals surface area contributed by atoms with Gasteiger partial charge in [-0.05, 0) is 44.6 Å². The molecule has 3 rings (SSSR count). The summed E-state index contributed by atoms with van der Waals surface area (Å²) in [5, 5.41) is 3.00. The van der Waals surface area contributed by atoms with Crippen molar-refractivity contribution in [2.24, 2.45) is 5.92 Å². The third-order valence-corrected chi connectivity index (χ3v) is 6.67. The third kappa shape index (κ3) is 3.05. The van der Waals surface area contributed by atoms with Crippen LogP contribution in [0, 0.1) is 19.8 Å². The summed E-state index contributed by atoms with van der Waals surface area (Å²) < 4.78 is 23.0. The average molecular weight is 321 g/mol. The van der Waals surface area contributed by atoms with Crippen LogP contribution < -0.4 is 5.32 Å². The number of sulfone groups is 1. The number of aryl methyl sites for hydroxylation is 2. The molecule has 1 saturated carbocycles. The maximum atomic E-state index is 12.6. The Balaban J connectivity index is 1.67. The molecule has 1 N–H and O–H groups in total. The van der Waals surface area contributed by atoms with Gasteiger partial charge in [0.05, 0.1) is 16.9 Å². The molecule has 120 valence electrons. The first-order valence-electron chi connectivity index (χ1n) is 7.88. The van der Waals surface area contributed by atoms with E-state index in [1.54, 1.807) is 0 Å². The minimum Gasteiger partial charge on any atom is -0.355 e. The Bertz CT molecular complexity index is 684. The maximum absolute atomic E-state index is 12.6. The molecule has 1 aromatic rings. The van der Waals surface area contributed by atoms with Crippen molar-refractivity contribution in [3.63, 3.8) is 0 Å². The number of carbonyl (C=O) groups is 1. The highest BCUT2D eigenvalue weighted by Gasteiger charge is 2.51. The Hall–Kier alpha value is -1.36. The number of hydrogen-bond donors (Lipinski definition) is 1. The molecule has 0 spiro atoms. The standard InChI is InChI=1S/C17H23NO3S/c1-12-7-13(2)9-15(8-12)17(4-5-17)16(19)18-10-14-3-6-22(20,21)11-14/h7-9,14H,3-6,10-11H2,1-2H3,(H,18,19)/t14-/m1/s1. The van der Waals surface area contributed by atoms with Crippen molar-refractivity contribution in [2.75, 3.05) is 18.1 Å². The minimum absolute atomic E-state index is 0.0572. The normalized spacial score (nSPS) is 24.9. The largest absolute Gasteiger partial charge is 0.355 e. The molecule has 1 atom stereocenters. The van der Waals surface area contributed by atoms with Crippen LogP contribution in [0.1, 0.15) is 36.0 Å². The molecule has 1 aromatic carbocycles. The van der Waals surface area contributed by atoms with E-state index in [0.717, 1.165) is 18.4 Å². The number of benzene rings is 1. The van der Waals surface area contributed by atoms with Gasteiger partial charge in [0.2, 0.25) is 5.91 Å². The molecule has 0 bridgehead atoms. The molecule has 0 radical (unpaired) electrons. The predicted molar refractivity (Wildman–Crippen MR) is 86.6 cm³/mol. The van der Waals surface area contributed by atoms with Gasteiger partial charge >= 0.3 is 0 Å². The number of amides is 1. The fourth-order valence-corrected chi connectivity index (χ4v) is 5.32. The molecule has 1 aliphatic carbocycles. The summed E-state index contributed by atoms with van der Waals surface area (Å²) in [6.07, 6.45) is 2.43. The van der Waals surface area contributed by atoms with Crippen LogP contribution in [0.25, 0.3) is 0 Å². The van der Waals surface area contributed by atoms with Crippen LogP contribution in [0.5, 0.6) is 0 Å². The van der Waals surface area contributed by atoms with Crippen molar-refractivity contribution in [3.8, 4) is 0 Å². The van der Waals surface area contributed by atoms with Crippen LogP contribution in [-0.2, 0) is 20.0 Å². The van der Waals surface area contributed by atoms with Crippen molar-refractivity contribution in [2.45, 2.75) is 38.5 Å². The molecule has 1 saturated heterocycles. The van der Waals surface area contributed by atoms with Gasteiger partial charge in [-0.2, -0.15) is 0 Å². The lowest BCUT2D eigenvalue weighted by Gasteiger charge is -2.18. The van der Waals surface area contributed by atoms with Crippen molar-refractivity contribution in [1.29, 1.82) is 0 Å². The Morgan fingerprint density at radius 3 is 2.36 bits per heavy atom. The molecule has 5 heteroatoms. The van der Waals surface area contributed by atoms with Crippen molar-refractivity contribution in [1.82, 2.24) is 5.32 Å². The molecular weight excluding hydrogens is 298 g/mol. The fourth-order valence-electron chi connectivity index (χ4n) is 3.46. The minimum atomic E-state index is -2.88. The van der Waals surface area contributed by atoms with Gasteiger partial charge < -0.3 is 5.32 Å². The van der Waals surface area contributed by atoms with Crippen LogP contribution in [0.2, 0.25) is 0 Å². The van der Waals surface area contributed by atoms with Gasteiger partial charge in [0.15, 0.2) is 9.84 Å². The molecule has 1 aliphatic heterocycles. The van der Waals surface area contributed by atoms with Gasteiger partial charge in [-0.1, -0.05) is 29.3 Å². The Kier molecular flexibility index (Phi) is 3.79. The quantitative estimate of drug-likeness (QED) is 0.921. The number of nitrogens with one attached hydrogen (secondary N) is 1. The summed E-state index contributed by atoms with van der Waals surface area (Å²) in [5.41, 5.74) is 3.07. The van der Waals surface area contributed by atoms with Gasteiger partial charge in [0.25, 0.3) is 0 Å². The lowest BCUT2D eigenvalue weighted by atomic mass is 9.92. The second-order valence-electron chi connectivity index (χ2n) is 6.94. The summed E-state index contributed by atoms with van der Waals surface area (Å²) in [6.45, 7) is 4.58. The Morgan fingerprint density at radius 1 is 1.23 bits per heavy atom. The highest BCUT2D eigenvalue weighted by Crippen LogP contribution is 2.48. The zero-order chi connectivity index (χ0) is 16.0. The zero-order valence-corrected chi connectivity index (χ0v) is 14.0. The van der Waals surface area contributed by atoms with Crippen molar-refractivity contribution < 1.29 is 13.2 Å². The number of rotatable bonds is 4. The molecule has 2 fully saturated rings. The summed E-state index contributed by atoms with van der Waals surface area (Å²) >= 11 is 0. The highest BCUT2D eigenvalue weighted by molar-refractivity contribution is 7.91. The second kappa shape index (κ2) is 5.37. The summed E-state index contributed by atoms with van der Waals surface area (Å²) in [7, 11) is -2.88. The SMILES string of the molecule is Cc1cc(C)cc(C2(C(=O)NC[C@H]3CCS(=O)(=O)C3)CC2)c1. The first-order chi connectivity index (χ1) is 10.3. The molecular formula is C17H23NO3S. The van der Waals surface area contributed by atoms with E-state index in [-0.39, 0.29) is 28.7 Å². The molecule has 1 amide bonds. The monoisotopic (exact) mass is 321 g/mol. The molecule has 1 heterocycles. The lowest BCUT2D eigenvalue weighted by Crippen LogP contribution is -2.38. The molecule has 0 aromatic heterocycles. The maximum Gasteiger partial charge on any atom is 0.230 e. The van der Waals surface area contributed by atoms with Crippen molar-refractivity contribution >= 4 is 15.7 Å². The molecule has 2 aliphatic rings. The summed E-state index contributed by atoms with van der Waals surface area (Å²) in [5.74, 6) is 0.602. The van der Waals surface area contributed by atoms with E-state index >= 15 is 0 Å². The fraction of sp³-hybridized carbons (Fsp3) is 0.588. The Morgan fingerprint density at radius 2 is 1.86 bits per heavy atom. The molecule has 0 unspecified atom stereocenters. The van der Waals surface area contributed by atoms with Crippen LogP contribution in [-0.4, -0.2) is 32.4 Å². The van der Waals surface area contributed by atoms with Crippen molar-refractivity contribution in [3.05, 3.63) is 34.9 Å². The first-order valence-corrected chi connectivity index (χ1v) is 9.70. The number of hydrogen-bond acceptors (Lipinski definition) is 3. The van der Waals surface area contributed by atoms with Gasteiger partial charge in [0.1, 0.15) is 0 Å². The zero-order valence-electron chi connectivity index (χ0n) is 13.2.